The van der Waals surface area contributed by atoms with Crippen molar-refractivity contribution in [3.8, 4) is 10.6 Å². The molecule has 1 N–H and O–H groups in total. The SMILES string of the molecule is O=C(Nc1cc2ccccc2cc1C(=O)N1CCN(Cc2csc(-c3ccccc3)n2)CC1)C1CC1. The number of aromatic nitrogens is 1. The van der Waals surface area contributed by atoms with Gasteiger partial charge >= 0.3 is 0 Å². The molecule has 2 fully saturated rings. The van der Waals surface area contributed by atoms with Crippen molar-refractivity contribution < 1.29 is 9.59 Å². The normalized spacial score (nSPS) is 16.3. The third kappa shape index (κ3) is 4.90. The van der Waals surface area contributed by atoms with Crippen molar-refractivity contribution >= 4 is 39.6 Å². The first kappa shape index (κ1) is 22.9. The van der Waals surface area contributed by atoms with Crippen molar-refractivity contribution in [2.75, 3.05) is 31.5 Å². The lowest BCUT2D eigenvalue weighted by Crippen LogP contribution is -2.48. The van der Waals surface area contributed by atoms with E-state index in [1.54, 1.807) is 11.3 Å². The lowest BCUT2D eigenvalue weighted by atomic mass is 10.0. The van der Waals surface area contributed by atoms with Crippen LogP contribution in [0.5, 0.6) is 0 Å². The summed E-state index contributed by atoms with van der Waals surface area (Å²) in [5.74, 6) is 0.0740. The van der Waals surface area contributed by atoms with Gasteiger partial charge in [-0.1, -0.05) is 54.6 Å². The Hall–Kier alpha value is -3.55. The van der Waals surface area contributed by atoms with Crippen LogP contribution in [-0.4, -0.2) is 52.8 Å². The average Bonchev–Trinajstić information content (AvgIpc) is 3.68. The van der Waals surface area contributed by atoms with Crippen molar-refractivity contribution in [3.63, 3.8) is 0 Å². The average molecular weight is 497 g/mol. The molecule has 6 nitrogen and oxygen atoms in total. The predicted octanol–water partition coefficient (Wildman–Crippen LogP) is 5.27. The van der Waals surface area contributed by atoms with Gasteiger partial charge in [0.2, 0.25) is 5.91 Å². The van der Waals surface area contributed by atoms with Gasteiger partial charge in [-0.15, -0.1) is 11.3 Å². The van der Waals surface area contributed by atoms with Gasteiger partial charge in [0.25, 0.3) is 5.91 Å². The molecule has 0 bridgehead atoms. The van der Waals surface area contributed by atoms with E-state index in [1.165, 1.54) is 0 Å². The molecule has 0 atom stereocenters. The first-order chi connectivity index (χ1) is 17.6. The van der Waals surface area contributed by atoms with Crippen molar-refractivity contribution in [1.29, 1.82) is 0 Å². The summed E-state index contributed by atoms with van der Waals surface area (Å²) < 4.78 is 0. The zero-order chi connectivity index (χ0) is 24.5. The summed E-state index contributed by atoms with van der Waals surface area (Å²) in [6.45, 7) is 3.67. The molecule has 7 heteroatoms. The van der Waals surface area contributed by atoms with Crippen LogP contribution in [0.3, 0.4) is 0 Å². The molecule has 1 aliphatic heterocycles. The molecule has 1 saturated carbocycles. The van der Waals surface area contributed by atoms with Crippen molar-refractivity contribution in [2.45, 2.75) is 19.4 Å². The summed E-state index contributed by atoms with van der Waals surface area (Å²) in [4.78, 5) is 35.2. The molecule has 0 unspecified atom stereocenters. The molecule has 0 radical (unpaired) electrons. The first-order valence-corrected chi connectivity index (χ1v) is 13.4. The number of anilines is 1. The largest absolute Gasteiger partial charge is 0.336 e. The molecular weight excluding hydrogens is 468 g/mol. The summed E-state index contributed by atoms with van der Waals surface area (Å²) >= 11 is 1.67. The molecule has 2 amide bonds. The zero-order valence-electron chi connectivity index (χ0n) is 20.0. The van der Waals surface area contributed by atoms with Crippen LogP contribution in [0.15, 0.2) is 72.1 Å². The van der Waals surface area contributed by atoms with Crippen LogP contribution in [-0.2, 0) is 11.3 Å². The molecule has 2 aliphatic rings. The fourth-order valence-electron chi connectivity index (χ4n) is 4.70. The lowest BCUT2D eigenvalue weighted by Gasteiger charge is -2.34. The number of benzene rings is 3. The van der Waals surface area contributed by atoms with E-state index in [4.69, 9.17) is 4.98 Å². The van der Waals surface area contributed by atoms with E-state index >= 15 is 0 Å². The van der Waals surface area contributed by atoms with Crippen LogP contribution < -0.4 is 5.32 Å². The Labute approximate surface area is 214 Å². The summed E-state index contributed by atoms with van der Waals surface area (Å²) in [5.41, 5.74) is 3.40. The van der Waals surface area contributed by atoms with E-state index in [2.05, 4.69) is 27.7 Å². The van der Waals surface area contributed by atoms with Gasteiger partial charge < -0.3 is 10.2 Å². The van der Waals surface area contributed by atoms with Gasteiger partial charge in [0.1, 0.15) is 5.01 Å². The molecule has 1 aliphatic carbocycles. The monoisotopic (exact) mass is 496 g/mol. The van der Waals surface area contributed by atoms with Crippen LogP contribution in [0.4, 0.5) is 5.69 Å². The van der Waals surface area contributed by atoms with E-state index in [0.29, 0.717) is 24.3 Å². The second kappa shape index (κ2) is 9.84. The molecular formula is C29H28N4O2S. The van der Waals surface area contributed by atoms with Crippen LogP contribution >= 0.6 is 11.3 Å². The maximum atomic E-state index is 13.6. The molecule has 36 heavy (non-hydrogen) atoms. The van der Waals surface area contributed by atoms with Gasteiger partial charge in [0.15, 0.2) is 0 Å². The standard InChI is InChI=1S/C29H28N4O2S/c34-27(20-10-11-20)31-26-17-23-9-5-4-8-22(23)16-25(26)29(35)33-14-12-32(13-15-33)18-24-19-36-28(30-24)21-6-2-1-3-7-21/h1-9,16-17,19-20H,10-15,18H2,(H,31,34). The number of nitrogens with zero attached hydrogens (tertiary/aromatic N) is 3. The van der Waals surface area contributed by atoms with Gasteiger partial charge in [0.05, 0.1) is 16.9 Å². The molecule has 4 aromatic rings. The Bertz CT molecular complexity index is 1410. The molecule has 1 aromatic heterocycles. The fourth-order valence-corrected chi connectivity index (χ4v) is 5.52. The fraction of sp³-hybridized carbons (Fsp3) is 0.276. The molecule has 3 aromatic carbocycles. The summed E-state index contributed by atoms with van der Waals surface area (Å²) in [6, 6.07) is 22.1. The van der Waals surface area contributed by atoms with E-state index in [0.717, 1.165) is 59.5 Å². The number of piperazine rings is 1. The zero-order valence-corrected chi connectivity index (χ0v) is 20.8. The molecule has 6 rings (SSSR count). The second-order valence-corrected chi connectivity index (χ2v) is 10.4. The van der Waals surface area contributed by atoms with Crippen LogP contribution in [0.1, 0.15) is 28.9 Å². The van der Waals surface area contributed by atoms with Crippen molar-refractivity contribution in [1.82, 2.24) is 14.8 Å². The van der Waals surface area contributed by atoms with E-state index < -0.39 is 0 Å². The Morgan fingerprint density at radius 1 is 0.917 bits per heavy atom. The molecule has 182 valence electrons. The van der Waals surface area contributed by atoms with E-state index in [9.17, 15) is 9.59 Å². The third-order valence-electron chi connectivity index (χ3n) is 6.94. The minimum atomic E-state index is -0.0217. The maximum Gasteiger partial charge on any atom is 0.256 e. The highest BCUT2D eigenvalue weighted by Gasteiger charge is 2.31. The van der Waals surface area contributed by atoms with Gasteiger partial charge in [0, 0.05) is 49.6 Å². The maximum absolute atomic E-state index is 13.6. The summed E-state index contributed by atoms with van der Waals surface area (Å²) in [7, 11) is 0. The Morgan fingerprint density at radius 3 is 2.33 bits per heavy atom. The Morgan fingerprint density at radius 2 is 1.61 bits per heavy atom. The Balaban J connectivity index is 1.14. The number of thiazole rings is 1. The van der Waals surface area contributed by atoms with Crippen LogP contribution in [0, 0.1) is 5.92 Å². The highest BCUT2D eigenvalue weighted by Crippen LogP contribution is 2.32. The van der Waals surface area contributed by atoms with Gasteiger partial charge in [-0.05, 0) is 35.7 Å². The highest BCUT2D eigenvalue weighted by molar-refractivity contribution is 7.13. The van der Waals surface area contributed by atoms with Crippen LogP contribution in [0.2, 0.25) is 0 Å². The van der Waals surface area contributed by atoms with E-state index in [-0.39, 0.29) is 17.7 Å². The highest BCUT2D eigenvalue weighted by atomic mass is 32.1. The summed E-state index contributed by atoms with van der Waals surface area (Å²) in [5, 5.41) is 8.22. The smallest absolute Gasteiger partial charge is 0.256 e. The predicted molar refractivity (Wildman–Crippen MR) is 144 cm³/mol. The van der Waals surface area contributed by atoms with Crippen LogP contribution in [0.25, 0.3) is 21.3 Å². The van der Waals surface area contributed by atoms with Gasteiger partial charge in [-0.3, -0.25) is 14.5 Å². The lowest BCUT2D eigenvalue weighted by molar-refractivity contribution is -0.117. The number of nitrogens with one attached hydrogen (secondary N) is 1. The van der Waals surface area contributed by atoms with E-state index in [1.807, 2.05) is 59.5 Å². The number of rotatable bonds is 6. The number of hydrogen-bond acceptors (Lipinski definition) is 5. The summed E-state index contributed by atoms with van der Waals surface area (Å²) in [6.07, 6.45) is 1.85. The quantitative estimate of drug-likeness (QED) is 0.395. The topological polar surface area (TPSA) is 65.5 Å². The Kier molecular flexibility index (Phi) is 6.25. The molecule has 1 saturated heterocycles. The molecule has 2 heterocycles. The number of fused-ring (bicyclic) bond motifs is 1. The minimum absolute atomic E-state index is 0.0160. The number of carbonyl (C=O) groups is 2. The van der Waals surface area contributed by atoms with Crippen molar-refractivity contribution in [3.05, 3.63) is 83.4 Å². The molecule has 0 spiro atoms. The number of hydrogen-bond donors (Lipinski definition) is 1. The van der Waals surface area contributed by atoms with Gasteiger partial charge in [-0.25, -0.2) is 4.98 Å². The second-order valence-electron chi connectivity index (χ2n) is 9.59. The minimum Gasteiger partial charge on any atom is -0.336 e. The van der Waals surface area contributed by atoms with Gasteiger partial charge in [-0.2, -0.15) is 0 Å². The first-order valence-electron chi connectivity index (χ1n) is 12.5. The number of carbonyl (C=O) groups excluding carboxylic acids is 2. The van der Waals surface area contributed by atoms with Crippen molar-refractivity contribution in [2.24, 2.45) is 5.92 Å². The number of amides is 2. The third-order valence-corrected chi connectivity index (χ3v) is 7.88.